The second-order valence-corrected chi connectivity index (χ2v) is 5.42. The summed E-state index contributed by atoms with van der Waals surface area (Å²) in [6.07, 6.45) is 2.83. The lowest BCUT2D eigenvalue weighted by Crippen LogP contribution is -2.10. The van der Waals surface area contributed by atoms with Gasteiger partial charge in [-0.25, -0.2) is 0 Å². The molecule has 0 unspecified atom stereocenters. The smallest absolute Gasteiger partial charge is 0.270 e. The number of carbonyl (C=O) groups is 1. The van der Waals surface area contributed by atoms with Gasteiger partial charge in [-0.15, -0.1) is 0 Å². The van der Waals surface area contributed by atoms with E-state index >= 15 is 0 Å². The van der Waals surface area contributed by atoms with Crippen LogP contribution >= 0.6 is 0 Å². The topological polar surface area (TPSA) is 81.5 Å². The number of hydrogen-bond acceptors (Lipinski definition) is 4. The summed E-state index contributed by atoms with van der Waals surface area (Å²) < 4.78 is 5.59. The summed E-state index contributed by atoms with van der Waals surface area (Å²) >= 11 is 0. The Bertz CT molecular complexity index is 828. The molecule has 0 aliphatic rings. The summed E-state index contributed by atoms with van der Waals surface area (Å²) in [5.41, 5.74) is 1.95. The number of para-hydroxylation sites is 2. The molecular weight excluding hydrogens is 320 g/mol. The maximum absolute atomic E-state index is 12.1. The molecule has 0 fully saturated rings. The van der Waals surface area contributed by atoms with E-state index in [1.807, 2.05) is 13.0 Å². The Labute approximate surface area is 145 Å². The summed E-state index contributed by atoms with van der Waals surface area (Å²) in [4.78, 5) is 22.4. The average molecular weight is 338 g/mol. The Hall–Kier alpha value is -3.41. The fraction of sp³-hybridized carbons (Fsp3) is 0.105. The number of amides is 1. The molecule has 0 atom stereocenters. The molecule has 0 saturated heterocycles. The number of nitro groups is 1. The number of nitro benzene ring substituents is 1. The maximum atomic E-state index is 12.1. The van der Waals surface area contributed by atoms with Gasteiger partial charge in [-0.3, -0.25) is 14.9 Å². The molecule has 1 amide bonds. The molecule has 0 aliphatic carbocycles. The zero-order valence-electron chi connectivity index (χ0n) is 13.8. The summed E-state index contributed by atoms with van der Waals surface area (Å²) in [6, 6.07) is 13.1. The summed E-state index contributed by atoms with van der Waals surface area (Å²) in [5.74, 6) is 0.181. The second-order valence-electron chi connectivity index (χ2n) is 5.42. The second kappa shape index (κ2) is 8.44. The van der Waals surface area contributed by atoms with Gasteiger partial charge in [0, 0.05) is 18.2 Å². The Kier molecular flexibility index (Phi) is 6.06. The first-order valence-corrected chi connectivity index (χ1v) is 7.55. The number of hydrogen-bond donors (Lipinski definition) is 1. The van der Waals surface area contributed by atoms with E-state index in [1.54, 1.807) is 30.3 Å². The lowest BCUT2D eigenvalue weighted by Gasteiger charge is -2.11. The van der Waals surface area contributed by atoms with Crippen molar-refractivity contribution in [3.8, 4) is 5.75 Å². The number of anilines is 1. The molecule has 0 saturated carbocycles. The van der Waals surface area contributed by atoms with Crippen molar-refractivity contribution in [2.45, 2.75) is 6.92 Å². The van der Waals surface area contributed by atoms with E-state index in [1.165, 1.54) is 24.3 Å². The molecule has 2 aromatic carbocycles. The fourth-order valence-corrected chi connectivity index (χ4v) is 1.99. The highest BCUT2D eigenvalue weighted by Crippen LogP contribution is 2.24. The van der Waals surface area contributed by atoms with Crippen LogP contribution in [-0.4, -0.2) is 17.4 Å². The van der Waals surface area contributed by atoms with Crippen molar-refractivity contribution in [3.63, 3.8) is 0 Å². The van der Waals surface area contributed by atoms with Gasteiger partial charge in [0.25, 0.3) is 5.69 Å². The van der Waals surface area contributed by atoms with Crippen LogP contribution in [0.4, 0.5) is 11.4 Å². The minimum atomic E-state index is -0.480. The van der Waals surface area contributed by atoms with Crippen LogP contribution in [0.3, 0.4) is 0 Å². The zero-order chi connectivity index (χ0) is 18.2. The summed E-state index contributed by atoms with van der Waals surface area (Å²) in [6.45, 7) is 5.98. The van der Waals surface area contributed by atoms with E-state index in [4.69, 9.17) is 4.74 Å². The van der Waals surface area contributed by atoms with Crippen molar-refractivity contribution < 1.29 is 14.5 Å². The molecule has 0 aromatic heterocycles. The fourth-order valence-electron chi connectivity index (χ4n) is 1.99. The molecular formula is C19H18N2O4. The molecule has 2 rings (SSSR count). The van der Waals surface area contributed by atoms with Gasteiger partial charge in [0.2, 0.25) is 5.91 Å². The van der Waals surface area contributed by atoms with Gasteiger partial charge in [-0.2, -0.15) is 0 Å². The zero-order valence-corrected chi connectivity index (χ0v) is 13.8. The van der Waals surface area contributed by atoms with E-state index in [2.05, 4.69) is 11.9 Å². The highest BCUT2D eigenvalue weighted by molar-refractivity contribution is 6.02. The van der Waals surface area contributed by atoms with Crippen LogP contribution in [0.15, 0.2) is 66.8 Å². The van der Waals surface area contributed by atoms with Gasteiger partial charge in [-0.1, -0.05) is 30.8 Å². The van der Waals surface area contributed by atoms with Crippen LogP contribution in [0.5, 0.6) is 5.75 Å². The number of rotatable bonds is 7. The average Bonchev–Trinajstić information content (AvgIpc) is 2.59. The van der Waals surface area contributed by atoms with Crippen LogP contribution in [0.25, 0.3) is 6.08 Å². The van der Waals surface area contributed by atoms with Crippen molar-refractivity contribution >= 4 is 23.4 Å². The van der Waals surface area contributed by atoms with Crippen LogP contribution in [0, 0.1) is 10.1 Å². The van der Waals surface area contributed by atoms with Gasteiger partial charge in [0.05, 0.1) is 10.6 Å². The van der Waals surface area contributed by atoms with Gasteiger partial charge < -0.3 is 10.1 Å². The number of non-ortho nitro benzene ring substituents is 1. The number of nitrogens with zero attached hydrogens (tertiary/aromatic N) is 1. The van der Waals surface area contributed by atoms with Crippen molar-refractivity contribution in [1.29, 1.82) is 0 Å². The number of carbonyl (C=O) groups excluding carboxylic acids is 1. The van der Waals surface area contributed by atoms with E-state index < -0.39 is 4.92 Å². The molecule has 0 bridgehead atoms. The van der Waals surface area contributed by atoms with Crippen LogP contribution in [-0.2, 0) is 4.79 Å². The Morgan fingerprint density at radius 1 is 1.28 bits per heavy atom. The van der Waals surface area contributed by atoms with Crippen LogP contribution in [0.2, 0.25) is 0 Å². The molecule has 128 valence electrons. The minimum Gasteiger partial charge on any atom is -0.487 e. The first kappa shape index (κ1) is 17.9. The molecule has 0 aliphatic heterocycles. The van der Waals surface area contributed by atoms with Gasteiger partial charge in [0.15, 0.2) is 0 Å². The van der Waals surface area contributed by atoms with Crippen molar-refractivity contribution in [3.05, 3.63) is 82.4 Å². The normalized spacial score (nSPS) is 10.4. The van der Waals surface area contributed by atoms with Gasteiger partial charge >= 0.3 is 0 Å². The van der Waals surface area contributed by atoms with E-state index in [0.717, 1.165) is 5.57 Å². The van der Waals surface area contributed by atoms with Crippen LogP contribution < -0.4 is 10.1 Å². The van der Waals surface area contributed by atoms with Crippen molar-refractivity contribution in [1.82, 2.24) is 0 Å². The van der Waals surface area contributed by atoms with Crippen molar-refractivity contribution in [2.75, 3.05) is 11.9 Å². The molecule has 6 nitrogen and oxygen atoms in total. The number of nitrogens with one attached hydrogen (secondary N) is 1. The first-order valence-electron chi connectivity index (χ1n) is 7.55. The molecule has 25 heavy (non-hydrogen) atoms. The summed E-state index contributed by atoms with van der Waals surface area (Å²) in [7, 11) is 0. The molecule has 0 radical (unpaired) electrons. The third kappa shape index (κ3) is 5.62. The number of ether oxygens (including phenoxy) is 1. The monoisotopic (exact) mass is 338 g/mol. The first-order chi connectivity index (χ1) is 12.0. The Balaban J connectivity index is 2.06. The third-order valence-corrected chi connectivity index (χ3v) is 3.13. The summed E-state index contributed by atoms with van der Waals surface area (Å²) in [5, 5.41) is 13.5. The highest BCUT2D eigenvalue weighted by atomic mass is 16.6. The molecule has 0 spiro atoms. The molecule has 6 heteroatoms. The highest BCUT2D eigenvalue weighted by Gasteiger charge is 2.07. The van der Waals surface area contributed by atoms with Crippen molar-refractivity contribution in [2.24, 2.45) is 0 Å². The third-order valence-electron chi connectivity index (χ3n) is 3.13. The largest absolute Gasteiger partial charge is 0.487 e. The van der Waals surface area contributed by atoms with Crippen LogP contribution in [0.1, 0.15) is 12.5 Å². The predicted octanol–water partition coefficient (Wildman–Crippen LogP) is 4.20. The standard InChI is InChI=1S/C19H18N2O4/c1-14(2)13-25-18-9-4-3-8-17(18)20-19(22)11-10-15-6-5-7-16(12-15)21(23)24/h3-12H,1,13H2,2H3,(H,20,22)/b11-10+. The predicted molar refractivity (Wildman–Crippen MR) is 97.5 cm³/mol. The Morgan fingerprint density at radius 3 is 2.76 bits per heavy atom. The molecule has 1 N–H and O–H groups in total. The number of benzene rings is 2. The SMILES string of the molecule is C=C(C)COc1ccccc1NC(=O)/C=C/c1cccc([N+](=O)[O-])c1. The molecule has 2 aromatic rings. The quantitative estimate of drug-likeness (QED) is 0.355. The van der Waals surface area contributed by atoms with E-state index in [0.29, 0.717) is 23.6 Å². The van der Waals surface area contributed by atoms with E-state index in [9.17, 15) is 14.9 Å². The lowest BCUT2D eigenvalue weighted by molar-refractivity contribution is -0.384. The van der Waals surface area contributed by atoms with Gasteiger partial charge in [-0.05, 0) is 36.3 Å². The lowest BCUT2D eigenvalue weighted by atomic mass is 10.2. The minimum absolute atomic E-state index is 0.0268. The van der Waals surface area contributed by atoms with Gasteiger partial charge in [0.1, 0.15) is 12.4 Å². The van der Waals surface area contributed by atoms with E-state index in [-0.39, 0.29) is 11.6 Å². The molecule has 0 heterocycles. The maximum Gasteiger partial charge on any atom is 0.270 e. The Morgan fingerprint density at radius 2 is 2.04 bits per heavy atom.